The van der Waals surface area contributed by atoms with Gasteiger partial charge in [-0.2, -0.15) is 9.61 Å². The van der Waals surface area contributed by atoms with Gasteiger partial charge in [0.2, 0.25) is 4.96 Å². The maximum Gasteiger partial charge on any atom is 0.213 e. The van der Waals surface area contributed by atoms with Crippen molar-refractivity contribution in [3.63, 3.8) is 0 Å². The smallest absolute Gasteiger partial charge is 0.213 e. The topological polar surface area (TPSA) is 56.5 Å². The van der Waals surface area contributed by atoms with Gasteiger partial charge in [-0.3, -0.25) is 4.79 Å². The van der Waals surface area contributed by atoms with E-state index in [2.05, 4.69) is 23.9 Å². The number of aldehydes is 1. The fourth-order valence-electron chi connectivity index (χ4n) is 2.78. The summed E-state index contributed by atoms with van der Waals surface area (Å²) in [5.74, 6) is 1.23. The van der Waals surface area contributed by atoms with E-state index in [1.165, 1.54) is 0 Å². The lowest BCUT2D eigenvalue weighted by atomic mass is 10.1. The molecule has 1 aromatic carbocycles. The molecule has 0 radical (unpaired) electrons. The summed E-state index contributed by atoms with van der Waals surface area (Å²) in [6, 6.07) is 7.63. The van der Waals surface area contributed by atoms with E-state index in [4.69, 9.17) is 4.74 Å². The van der Waals surface area contributed by atoms with Crippen LogP contribution in [0.15, 0.2) is 24.3 Å². The van der Waals surface area contributed by atoms with Crippen LogP contribution in [0, 0.1) is 0 Å². The number of carbonyl (C=O) groups excluding carboxylic acids is 1. The van der Waals surface area contributed by atoms with Crippen LogP contribution in [0.25, 0.3) is 16.2 Å². The Balaban J connectivity index is 2.02. The predicted molar refractivity (Wildman–Crippen MR) is 96.2 cm³/mol. The highest BCUT2D eigenvalue weighted by Crippen LogP contribution is 2.31. The van der Waals surface area contributed by atoms with Crippen molar-refractivity contribution in [2.75, 3.05) is 6.61 Å². The lowest BCUT2D eigenvalue weighted by molar-refractivity contribution is 0.111. The zero-order chi connectivity index (χ0) is 17.1. The van der Waals surface area contributed by atoms with E-state index in [1.807, 2.05) is 31.2 Å². The van der Waals surface area contributed by atoms with Gasteiger partial charge in [0.15, 0.2) is 6.29 Å². The Morgan fingerprint density at radius 1 is 1.21 bits per heavy atom. The third-order valence-electron chi connectivity index (χ3n) is 4.14. The Bertz CT molecular complexity index is 832. The molecule has 0 unspecified atom stereocenters. The molecule has 0 bridgehead atoms. The molecular formula is C18H21N3O2S. The molecule has 0 N–H and O–H groups in total. The number of hydrogen-bond donors (Lipinski definition) is 0. The standard InChI is InChI=1S/C18H21N3O2S/c1-4-12(5-2)17-20-21-15(11-22)16(19-18(21)24-17)13-7-9-14(10-8-13)23-6-3/h7-12H,4-6H2,1-3H3. The van der Waals surface area contributed by atoms with Crippen molar-refractivity contribution in [3.05, 3.63) is 35.0 Å². The van der Waals surface area contributed by atoms with Crippen LogP contribution < -0.4 is 4.74 Å². The second-order valence-electron chi connectivity index (χ2n) is 5.57. The third kappa shape index (κ3) is 2.94. The minimum atomic E-state index is 0.421. The molecule has 2 aromatic heterocycles. The summed E-state index contributed by atoms with van der Waals surface area (Å²) in [7, 11) is 0. The molecule has 0 atom stereocenters. The minimum Gasteiger partial charge on any atom is -0.494 e. The SMILES string of the molecule is CCOc1ccc(-c2nc3sc(C(CC)CC)nn3c2C=O)cc1. The molecule has 0 saturated carbocycles. The summed E-state index contributed by atoms with van der Waals surface area (Å²) >= 11 is 1.57. The van der Waals surface area contributed by atoms with Gasteiger partial charge in [0.25, 0.3) is 0 Å². The molecule has 0 aliphatic rings. The van der Waals surface area contributed by atoms with E-state index in [1.54, 1.807) is 15.9 Å². The van der Waals surface area contributed by atoms with E-state index in [-0.39, 0.29) is 0 Å². The van der Waals surface area contributed by atoms with Crippen LogP contribution >= 0.6 is 11.3 Å². The van der Waals surface area contributed by atoms with Gasteiger partial charge in [0.1, 0.15) is 22.1 Å². The van der Waals surface area contributed by atoms with E-state index >= 15 is 0 Å². The van der Waals surface area contributed by atoms with Crippen LogP contribution in [0.2, 0.25) is 0 Å². The van der Waals surface area contributed by atoms with Gasteiger partial charge in [0.05, 0.1) is 6.61 Å². The first-order chi connectivity index (χ1) is 11.7. The quantitative estimate of drug-likeness (QED) is 0.590. The van der Waals surface area contributed by atoms with Gasteiger partial charge in [-0.1, -0.05) is 25.2 Å². The fraction of sp³-hybridized carbons (Fsp3) is 0.389. The number of hydrogen-bond acceptors (Lipinski definition) is 5. The Kier molecular flexibility index (Phi) is 4.94. The lowest BCUT2D eigenvalue weighted by Gasteiger charge is -2.06. The van der Waals surface area contributed by atoms with Gasteiger partial charge >= 0.3 is 0 Å². The molecule has 24 heavy (non-hydrogen) atoms. The number of benzene rings is 1. The molecule has 3 rings (SSSR count). The first kappa shape index (κ1) is 16.6. The maximum atomic E-state index is 11.6. The molecule has 6 heteroatoms. The zero-order valence-corrected chi connectivity index (χ0v) is 15.0. The highest BCUT2D eigenvalue weighted by atomic mass is 32.1. The molecule has 0 amide bonds. The van der Waals surface area contributed by atoms with Crippen molar-refractivity contribution < 1.29 is 9.53 Å². The van der Waals surface area contributed by atoms with Crippen molar-refractivity contribution >= 4 is 22.6 Å². The molecular weight excluding hydrogens is 322 g/mol. The van der Waals surface area contributed by atoms with Crippen LogP contribution in [0.4, 0.5) is 0 Å². The average molecular weight is 343 g/mol. The summed E-state index contributed by atoms with van der Waals surface area (Å²) in [5, 5.41) is 5.68. The highest BCUT2D eigenvalue weighted by Gasteiger charge is 2.20. The zero-order valence-electron chi connectivity index (χ0n) is 14.2. The van der Waals surface area contributed by atoms with Crippen molar-refractivity contribution in [3.8, 4) is 17.0 Å². The average Bonchev–Trinajstić information content (AvgIpc) is 3.14. The van der Waals surface area contributed by atoms with E-state index in [0.29, 0.717) is 23.9 Å². The van der Waals surface area contributed by atoms with E-state index in [9.17, 15) is 4.79 Å². The van der Waals surface area contributed by atoms with Crippen LogP contribution in [0.3, 0.4) is 0 Å². The van der Waals surface area contributed by atoms with Gasteiger partial charge in [-0.25, -0.2) is 4.98 Å². The Morgan fingerprint density at radius 2 is 1.92 bits per heavy atom. The predicted octanol–water partition coefficient (Wildman–Crippen LogP) is 4.57. The monoisotopic (exact) mass is 343 g/mol. The normalized spacial score (nSPS) is 11.3. The maximum absolute atomic E-state index is 11.6. The van der Waals surface area contributed by atoms with Crippen molar-refractivity contribution in [1.29, 1.82) is 0 Å². The van der Waals surface area contributed by atoms with Crippen LogP contribution in [-0.4, -0.2) is 27.5 Å². The van der Waals surface area contributed by atoms with Crippen LogP contribution in [-0.2, 0) is 0 Å². The number of rotatable bonds is 7. The van der Waals surface area contributed by atoms with Gasteiger partial charge < -0.3 is 4.74 Å². The first-order valence-corrected chi connectivity index (χ1v) is 9.11. The molecule has 2 heterocycles. The van der Waals surface area contributed by atoms with Crippen LogP contribution in [0.5, 0.6) is 5.75 Å². The van der Waals surface area contributed by atoms with Crippen LogP contribution in [0.1, 0.15) is 55.0 Å². The molecule has 0 aliphatic carbocycles. The second kappa shape index (κ2) is 7.13. The molecule has 126 valence electrons. The number of nitrogens with zero attached hydrogens (tertiary/aromatic N) is 3. The Labute approximate surface area is 145 Å². The third-order valence-corrected chi connectivity index (χ3v) is 5.21. The summed E-state index contributed by atoms with van der Waals surface area (Å²) in [4.78, 5) is 17.1. The first-order valence-electron chi connectivity index (χ1n) is 8.29. The molecule has 5 nitrogen and oxygen atoms in total. The highest BCUT2D eigenvalue weighted by molar-refractivity contribution is 7.16. The Hall–Kier alpha value is -2.21. The fourth-order valence-corrected chi connectivity index (χ4v) is 3.95. The Morgan fingerprint density at radius 3 is 2.50 bits per heavy atom. The number of carbonyl (C=O) groups is 1. The molecule has 0 spiro atoms. The van der Waals surface area contributed by atoms with Crippen molar-refractivity contribution in [2.45, 2.75) is 39.5 Å². The van der Waals surface area contributed by atoms with Gasteiger partial charge in [0, 0.05) is 11.5 Å². The van der Waals surface area contributed by atoms with E-state index in [0.717, 1.165) is 40.4 Å². The number of aromatic nitrogens is 3. The van der Waals surface area contributed by atoms with Gasteiger partial charge in [-0.15, -0.1) is 0 Å². The van der Waals surface area contributed by atoms with Gasteiger partial charge in [-0.05, 0) is 44.0 Å². The molecule has 0 saturated heterocycles. The lowest BCUT2D eigenvalue weighted by Crippen LogP contribution is -1.99. The van der Waals surface area contributed by atoms with Crippen molar-refractivity contribution in [1.82, 2.24) is 14.6 Å². The summed E-state index contributed by atoms with van der Waals surface area (Å²) in [5.41, 5.74) is 2.06. The molecule has 3 aromatic rings. The second-order valence-corrected chi connectivity index (χ2v) is 6.56. The minimum absolute atomic E-state index is 0.421. The number of ether oxygens (including phenoxy) is 1. The van der Waals surface area contributed by atoms with Crippen molar-refractivity contribution in [2.24, 2.45) is 0 Å². The number of fused-ring (bicyclic) bond motifs is 1. The summed E-state index contributed by atoms with van der Waals surface area (Å²) in [6.07, 6.45) is 2.91. The molecule has 0 fully saturated rings. The van der Waals surface area contributed by atoms with E-state index < -0.39 is 0 Å². The summed E-state index contributed by atoms with van der Waals surface area (Å²) in [6.45, 7) is 6.89. The largest absolute Gasteiger partial charge is 0.494 e. The summed E-state index contributed by atoms with van der Waals surface area (Å²) < 4.78 is 7.14. The molecule has 0 aliphatic heterocycles. The number of imidazole rings is 1.